The summed E-state index contributed by atoms with van der Waals surface area (Å²) >= 11 is 0. The van der Waals surface area contributed by atoms with Crippen LogP contribution in [0.15, 0.2) is 0 Å². The molecule has 2 unspecified atom stereocenters. The van der Waals surface area contributed by atoms with E-state index >= 15 is 0 Å². The molecule has 0 aromatic heterocycles. The van der Waals surface area contributed by atoms with Gasteiger partial charge in [-0.15, -0.1) is 0 Å². The van der Waals surface area contributed by atoms with Crippen molar-refractivity contribution in [3.8, 4) is 0 Å². The smallest absolute Gasteiger partial charge is 0.226 e. The molecule has 2 N–H and O–H groups in total. The van der Waals surface area contributed by atoms with Gasteiger partial charge in [-0.3, -0.25) is 4.79 Å². The Hall–Kier alpha value is -0.570. The van der Waals surface area contributed by atoms with E-state index in [0.717, 1.165) is 44.7 Å². The molecular weight excluding hydrogens is 248 g/mol. The Kier molecular flexibility index (Phi) is 2.62. The fourth-order valence-corrected chi connectivity index (χ4v) is 6.82. The van der Waals surface area contributed by atoms with Crippen molar-refractivity contribution in [1.29, 1.82) is 0 Å². The molecule has 3 nitrogen and oxygen atoms in total. The van der Waals surface area contributed by atoms with Gasteiger partial charge in [-0.2, -0.15) is 0 Å². The van der Waals surface area contributed by atoms with Crippen molar-refractivity contribution in [3.63, 3.8) is 0 Å². The summed E-state index contributed by atoms with van der Waals surface area (Å²) in [6, 6.07) is 0.371. The molecule has 112 valence electrons. The molecule has 3 atom stereocenters. The van der Waals surface area contributed by atoms with Crippen molar-refractivity contribution in [2.45, 2.75) is 64.8 Å². The molecule has 20 heavy (non-hydrogen) atoms. The molecule has 1 saturated heterocycles. The molecule has 4 saturated carbocycles. The molecule has 1 amide bonds. The highest BCUT2D eigenvalue weighted by Crippen LogP contribution is 2.69. The van der Waals surface area contributed by atoms with Gasteiger partial charge in [0, 0.05) is 12.6 Å². The number of carbonyl (C=O) groups is 1. The third-order valence-corrected chi connectivity index (χ3v) is 6.50. The van der Waals surface area contributed by atoms with E-state index in [0.29, 0.717) is 22.8 Å². The van der Waals surface area contributed by atoms with E-state index in [-0.39, 0.29) is 5.41 Å². The van der Waals surface area contributed by atoms with E-state index in [1.807, 2.05) is 0 Å². The van der Waals surface area contributed by atoms with Gasteiger partial charge in [-0.05, 0) is 68.2 Å². The fourth-order valence-electron chi connectivity index (χ4n) is 6.82. The second-order valence-electron chi connectivity index (χ2n) is 9.07. The second kappa shape index (κ2) is 4.00. The van der Waals surface area contributed by atoms with E-state index in [2.05, 4.69) is 24.5 Å². The zero-order valence-electron chi connectivity index (χ0n) is 12.9. The highest BCUT2D eigenvalue weighted by Gasteiger charge is 2.62. The monoisotopic (exact) mass is 276 g/mol. The summed E-state index contributed by atoms with van der Waals surface area (Å²) in [6.07, 6.45) is 8.60. The minimum Gasteiger partial charge on any atom is -0.352 e. The van der Waals surface area contributed by atoms with Crippen LogP contribution in [0.2, 0.25) is 0 Å². The largest absolute Gasteiger partial charge is 0.352 e. The fraction of sp³-hybridized carbons (Fsp3) is 0.941. The molecule has 0 aromatic rings. The van der Waals surface area contributed by atoms with Crippen LogP contribution in [0.25, 0.3) is 0 Å². The minimum atomic E-state index is -0.0362. The summed E-state index contributed by atoms with van der Waals surface area (Å²) in [4.78, 5) is 13.0. The first-order chi connectivity index (χ1) is 9.41. The lowest BCUT2D eigenvalue weighted by molar-refractivity contribution is -0.170. The molecule has 5 rings (SSSR count). The number of hydrogen-bond donors (Lipinski definition) is 2. The molecule has 5 fully saturated rings. The van der Waals surface area contributed by atoms with Gasteiger partial charge < -0.3 is 10.6 Å². The van der Waals surface area contributed by atoms with Crippen LogP contribution < -0.4 is 10.6 Å². The van der Waals surface area contributed by atoms with Gasteiger partial charge in [-0.25, -0.2) is 0 Å². The van der Waals surface area contributed by atoms with Crippen LogP contribution in [0.3, 0.4) is 0 Å². The number of rotatable bonds is 2. The normalized spacial score (nSPS) is 53.3. The lowest BCUT2D eigenvalue weighted by Crippen LogP contribution is -2.60. The number of nitrogens with one attached hydrogen (secondary N) is 2. The Morgan fingerprint density at radius 3 is 2.35 bits per heavy atom. The van der Waals surface area contributed by atoms with E-state index in [4.69, 9.17) is 0 Å². The van der Waals surface area contributed by atoms with Crippen molar-refractivity contribution in [1.82, 2.24) is 10.6 Å². The molecule has 1 aliphatic heterocycles. The Morgan fingerprint density at radius 1 is 1.10 bits per heavy atom. The van der Waals surface area contributed by atoms with Crippen LogP contribution in [0.4, 0.5) is 0 Å². The van der Waals surface area contributed by atoms with Crippen molar-refractivity contribution in [2.75, 3.05) is 13.1 Å². The third kappa shape index (κ3) is 1.93. The van der Waals surface area contributed by atoms with Crippen molar-refractivity contribution in [2.24, 2.45) is 22.2 Å². The highest BCUT2D eigenvalue weighted by molar-refractivity contribution is 5.83. The summed E-state index contributed by atoms with van der Waals surface area (Å²) in [7, 11) is 0. The van der Waals surface area contributed by atoms with Gasteiger partial charge in [0.25, 0.3) is 0 Å². The molecular formula is C17H28N2O. The Labute approximate surface area is 122 Å². The first-order valence-corrected chi connectivity index (χ1v) is 8.42. The van der Waals surface area contributed by atoms with Gasteiger partial charge in [0.1, 0.15) is 0 Å². The first-order valence-electron chi connectivity index (χ1n) is 8.42. The van der Waals surface area contributed by atoms with Gasteiger partial charge in [0.2, 0.25) is 5.91 Å². The van der Waals surface area contributed by atoms with Crippen molar-refractivity contribution in [3.05, 3.63) is 0 Å². The van der Waals surface area contributed by atoms with Gasteiger partial charge in [-0.1, -0.05) is 13.8 Å². The van der Waals surface area contributed by atoms with E-state index < -0.39 is 0 Å². The Bertz CT molecular complexity index is 422. The van der Waals surface area contributed by atoms with Crippen molar-refractivity contribution < 1.29 is 4.79 Å². The Balaban J connectivity index is 1.58. The number of hydrogen-bond acceptors (Lipinski definition) is 2. The molecule has 1 heterocycles. The maximum atomic E-state index is 13.0. The lowest BCUT2D eigenvalue weighted by atomic mass is 9.40. The molecule has 4 bridgehead atoms. The molecule has 0 aromatic carbocycles. The highest BCUT2D eigenvalue weighted by atomic mass is 16.2. The zero-order chi connectivity index (χ0) is 14.0. The van der Waals surface area contributed by atoms with Gasteiger partial charge >= 0.3 is 0 Å². The van der Waals surface area contributed by atoms with Crippen LogP contribution in [-0.4, -0.2) is 25.0 Å². The quantitative estimate of drug-likeness (QED) is 0.813. The summed E-state index contributed by atoms with van der Waals surface area (Å²) in [5, 5.41) is 6.72. The SMILES string of the molecule is CC12CC3CC(C)(C1)CC(C(=O)N[C@@H]1CCNC1)(C3)C2. The van der Waals surface area contributed by atoms with Crippen LogP contribution in [0, 0.1) is 22.2 Å². The lowest BCUT2D eigenvalue weighted by Gasteiger charge is -2.64. The van der Waals surface area contributed by atoms with E-state index in [9.17, 15) is 4.79 Å². The topological polar surface area (TPSA) is 41.1 Å². The molecule has 5 aliphatic rings. The van der Waals surface area contributed by atoms with Gasteiger partial charge in [0.05, 0.1) is 5.41 Å². The molecule has 4 aliphatic carbocycles. The number of carbonyl (C=O) groups excluding carboxylic acids is 1. The van der Waals surface area contributed by atoms with E-state index in [1.54, 1.807) is 0 Å². The predicted octanol–water partition coefficient (Wildman–Crippen LogP) is 2.46. The molecule has 0 radical (unpaired) electrons. The van der Waals surface area contributed by atoms with Gasteiger partial charge in [0.15, 0.2) is 0 Å². The molecule has 3 heteroatoms. The minimum absolute atomic E-state index is 0.0362. The maximum absolute atomic E-state index is 13.0. The second-order valence-corrected chi connectivity index (χ2v) is 9.07. The zero-order valence-corrected chi connectivity index (χ0v) is 12.9. The average Bonchev–Trinajstić information content (AvgIpc) is 2.76. The standard InChI is InChI=1S/C17H28N2O/c1-15-5-12-6-16(2,9-15)11-17(7-12,10-15)14(20)19-13-3-4-18-8-13/h12-13,18H,3-11H2,1-2H3,(H,19,20)/t12?,13-,15?,16?,17?/m1/s1. The maximum Gasteiger partial charge on any atom is 0.226 e. The van der Waals surface area contributed by atoms with Crippen LogP contribution >= 0.6 is 0 Å². The van der Waals surface area contributed by atoms with Crippen LogP contribution in [0.1, 0.15) is 58.8 Å². The summed E-state index contributed by atoms with van der Waals surface area (Å²) in [6.45, 7) is 6.89. The molecule has 0 spiro atoms. The summed E-state index contributed by atoms with van der Waals surface area (Å²) in [5.41, 5.74) is 0.824. The summed E-state index contributed by atoms with van der Waals surface area (Å²) < 4.78 is 0. The van der Waals surface area contributed by atoms with Crippen LogP contribution in [0.5, 0.6) is 0 Å². The third-order valence-electron chi connectivity index (χ3n) is 6.50. The van der Waals surface area contributed by atoms with Crippen LogP contribution in [-0.2, 0) is 4.79 Å². The first kappa shape index (κ1) is 13.1. The predicted molar refractivity (Wildman–Crippen MR) is 79.3 cm³/mol. The van der Waals surface area contributed by atoms with E-state index in [1.165, 1.54) is 19.3 Å². The number of amides is 1. The Morgan fingerprint density at radius 2 is 1.80 bits per heavy atom. The average molecular weight is 276 g/mol. The summed E-state index contributed by atoms with van der Waals surface area (Å²) in [5.74, 6) is 1.18. The van der Waals surface area contributed by atoms with Crippen molar-refractivity contribution >= 4 is 5.91 Å².